The van der Waals surface area contributed by atoms with Gasteiger partial charge in [-0.25, -0.2) is 4.39 Å². The predicted octanol–water partition coefficient (Wildman–Crippen LogP) is 5.69. The molecular weight excluding hydrogens is 350 g/mol. The number of hydrogen-bond donors (Lipinski definition) is 0. The first-order valence-corrected chi connectivity index (χ1v) is 7.57. The van der Waals surface area contributed by atoms with Gasteiger partial charge in [-0.1, -0.05) is 37.6 Å². The molecule has 3 rings (SSSR count). The van der Waals surface area contributed by atoms with Gasteiger partial charge in [0.15, 0.2) is 0 Å². The van der Waals surface area contributed by atoms with Gasteiger partial charge in [0.25, 0.3) is 0 Å². The summed E-state index contributed by atoms with van der Waals surface area (Å²) in [5.41, 5.74) is 1.28. The summed E-state index contributed by atoms with van der Waals surface area (Å²) in [5, 5.41) is 3.84. The Balaban J connectivity index is 2.35. The van der Waals surface area contributed by atoms with Gasteiger partial charge in [0.1, 0.15) is 5.82 Å². The van der Waals surface area contributed by atoms with E-state index in [2.05, 4.69) is 47.7 Å². The van der Waals surface area contributed by atoms with Gasteiger partial charge in [0.05, 0.1) is 0 Å². The van der Waals surface area contributed by atoms with Crippen LogP contribution < -0.4 is 0 Å². The lowest BCUT2D eigenvalue weighted by Crippen LogP contribution is -1.87. The normalized spacial score (nSPS) is 11.3. The minimum Gasteiger partial charge on any atom is -0.206 e. The van der Waals surface area contributed by atoms with E-state index < -0.39 is 0 Å². The summed E-state index contributed by atoms with van der Waals surface area (Å²) in [6.07, 6.45) is 2.15. The third-order valence-electron chi connectivity index (χ3n) is 3.47. The molecule has 3 aromatic carbocycles. The molecule has 96 valence electrons. The molecule has 19 heavy (non-hydrogen) atoms. The Morgan fingerprint density at radius 2 is 1.74 bits per heavy atom. The summed E-state index contributed by atoms with van der Waals surface area (Å²) >= 11 is 2.22. The lowest BCUT2D eigenvalue weighted by atomic mass is 9.98. The smallest absolute Gasteiger partial charge is 0.131 e. The lowest BCUT2D eigenvalue weighted by Gasteiger charge is -2.08. The summed E-state index contributed by atoms with van der Waals surface area (Å²) in [6.45, 7) is 2.16. The summed E-state index contributed by atoms with van der Waals surface area (Å²) in [7, 11) is 0. The van der Waals surface area contributed by atoms with Gasteiger partial charge < -0.3 is 0 Å². The lowest BCUT2D eigenvalue weighted by molar-refractivity contribution is 0.641. The molecule has 0 radical (unpaired) electrons. The third kappa shape index (κ3) is 2.34. The van der Waals surface area contributed by atoms with E-state index in [9.17, 15) is 4.39 Å². The molecule has 0 bridgehead atoms. The maximum Gasteiger partial charge on any atom is 0.131 e. The van der Waals surface area contributed by atoms with E-state index >= 15 is 0 Å². The first-order chi connectivity index (χ1) is 9.19. The molecular formula is C17H14FI. The van der Waals surface area contributed by atoms with Crippen LogP contribution in [0.15, 0.2) is 42.5 Å². The number of hydrogen-bond acceptors (Lipinski definition) is 0. The van der Waals surface area contributed by atoms with Crippen LogP contribution in [0, 0.1) is 9.39 Å². The molecule has 0 saturated carbocycles. The highest BCUT2D eigenvalue weighted by Crippen LogP contribution is 2.30. The molecule has 2 heteroatoms. The van der Waals surface area contributed by atoms with E-state index in [0.29, 0.717) is 5.39 Å². The van der Waals surface area contributed by atoms with Crippen LogP contribution in [-0.4, -0.2) is 0 Å². The van der Waals surface area contributed by atoms with Crippen molar-refractivity contribution in [2.24, 2.45) is 0 Å². The Morgan fingerprint density at radius 3 is 2.53 bits per heavy atom. The minimum absolute atomic E-state index is 0.130. The molecule has 0 aliphatic heterocycles. The van der Waals surface area contributed by atoms with Crippen molar-refractivity contribution < 1.29 is 4.39 Å². The van der Waals surface area contributed by atoms with Crippen molar-refractivity contribution in [3.63, 3.8) is 0 Å². The van der Waals surface area contributed by atoms with Crippen molar-refractivity contribution >= 4 is 44.1 Å². The zero-order valence-electron chi connectivity index (χ0n) is 10.7. The number of fused-ring (bicyclic) bond motifs is 3. The topological polar surface area (TPSA) is 0 Å². The molecule has 0 amide bonds. The largest absolute Gasteiger partial charge is 0.206 e. The standard InChI is InChI=1S/C17H14FI/c1-2-3-11-4-6-14-12(8-11)9-17(18)16-10-13(19)5-7-15(14)16/h4-10H,2-3H2,1H3. The van der Waals surface area contributed by atoms with Crippen molar-refractivity contribution in [1.82, 2.24) is 0 Å². The van der Waals surface area contributed by atoms with Crippen molar-refractivity contribution in [3.8, 4) is 0 Å². The fourth-order valence-corrected chi connectivity index (χ4v) is 3.08. The fraction of sp³-hybridized carbons (Fsp3) is 0.176. The maximum absolute atomic E-state index is 14.2. The van der Waals surface area contributed by atoms with E-state index in [1.807, 2.05) is 18.2 Å². The summed E-state index contributed by atoms with van der Waals surface area (Å²) < 4.78 is 15.3. The van der Waals surface area contributed by atoms with Crippen molar-refractivity contribution in [2.45, 2.75) is 19.8 Å². The van der Waals surface area contributed by atoms with Gasteiger partial charge >= 0.3 is 0 Å². The van der Waals surface area contributed by atoms with Crippen LogP contribution in [0.1, 0.15) is 18.9 Å². The summed E-state index contributed by atoms with van der Waals surface area (Å²) in [4.78, 5) is 0. The highest BCUT2D eigenvalue weighted by Gasteiger charge is 2.07. The monoisotopic (exact) mass is 364 g/mol. The Hall–Kier alpha value is -1.16. The molecule has 0 unspecified atom stereocenters. The van der Waals surface area contributed by atoms with Crippen LogP contribution in [0.4, 0.5) is 4.39 Å². The van der Waals surface area contributed by atoms with E-state index in [4.69, 9.17) is 0 Å². The second-order valence-corrected chi connectivity index (χ2v) is 6.10. The molecule has 0 aliphatic rings. The Kier molecular flexibility index (Phi) is 3.44. The zero-order valence-corrected chi connectivity index (χ0v) is 12.9. The molecule has 0 fully saturated rings. The van der Waals surface area contributed by atoms with Crippen LogP contribution >= 0.6 is 22.6 Å². The predicted molar refractivity (Wildman–Crippen MR) is 88.1 cm³/mol. The van der Waals surface area contributed by atoms with Crippen LogP contribution in [0.3, 0.4) is 0 Å². The van der Waals surface area contributed by atoms with Gasteiger partial charge in [-0.15, -0.1) is 0 Å². The fourth-order valence-electron chi connectivity index (χ4n) is 2.58. The molecule has 0 aliphatic carbocycles. The number of aryl methyl sites for hydroxylation is 1. The molecule has 0 nitrogen and oxygen atoms in total. The Morgan fingerprint density at radius 1 is 0.947 bits per heavy atom. The molecule has 0 aromatic heterocycles. The van der Waals surface area contributed by atoms with Crippen LogP contribution in [0.25, 0.3) is 21.5 Å². The molecule has 3 aromatic rings. The van der Waals surface area contributed by atoms with Crippen molar-refractivity contribution in [1.29, 1.82) is 0 Å². The van der Waals surface area contributed by atoms with Gasteiger partial charge in [0, 0.05) is 8.96 Å². The highest BCUT2D eigenvalue weighted by atomic mass is 127. The van der Waals surface area contributed by atoms with E-state index in [1.54, 1.807) is 6.07 Å². The maximum atomic E-state index is 14.2. The number of halogens is 2. The summed E-state index contributed by atoms with van der Waals surface area (Å²) in [5.74, 6) is -0.130. The van der Waals surface area contributed by atoms with Crippen molar-refractivity contribution in [3.05, 3.63) is 57.4 Å². The molecule has 0 N–H and O–H groups in total. The average molecular weight is 364 g/mol. The zero-order chi connectivity index (χ0) is 13.4. The third-order valence-corrected chi connectivity index (χ3v) is 4.14. The first kappa shape index (κ1) is 12.9. The quantitative estimate of drug-likeness (QED) is 0.405. The van der Waals surface area contributed by atoms with Crippen LogP contribution in [0.2, 0.25) is 0 Å². The molecule has 0 spiro atoms. The Labute approximate surface area is 125 Å². The number of benzene rings is 3. The van der Waals surface area contributed by atoms with Gasteiger partial charge in [-0.2, -0.15) is 0 Å². The average Bonchev–Trinajstić information content (AvgIpc) is 2.39. The van der Waals surface area contributed by atoms with E-state index in [-0.39, 0.29) is 5.82 Å². The van der Waals surface area contributed by atoms with Gasteiger partial charge in [0.2, 0.25) is 0 Å². The number of rotatable bonds is 2. The Bertz CT molecular complexity index is 762. The second-order valence-electron chi connectivity index (χ2n) is 4.85. The highest BCUT2D eigenvalue weighted by molar-refractivity contribution is 14.1. The molecule has 0 saturated heterocycles. The minimum atomic E-state index is -0.130. The van der Waals surface area contributed by atoms with Crippen LogP contribution in [0.5, 0.6) is 0 Å². The van der Waals surface area contributed by atoms with E-state index in [0.717, 1.165) is 32.6 Å². The molecule has 0 atom stereocenters. The van der Waals surface area contributed by atoms with E-state index in [1.165, 1.54) is 5.56 Å². The first-order valence-electron chi connectivity index (χ1n) is 6.49. The van der Waals surface area contributed by atoms with Gasteiger partial charge in [-0.3, -0.25) is 0 Å². The van der Waals surface area contributed by atoms with Crippen LogP contribution in [-0.2, 0) is 6.42 Å². The van der Waals surface area contributed by atoms with Gasteiger partial charge in [-0.05, 0) is 68.9 Å². The SMILES string of the molecule is CCCc1ccc2c(c1)cc(F)c1cc(I)ccc12. The molecule has 0 heterocycles. The van der Waals surface area contributed by atoms with Crippen molar-refractivity contribution in [2.75, 3.05) is 0 Å². The summed E-state index contributed by atoms with van der Waals surface area (Å²) in [6, 6.07) is 14.0. The second kappa shape index (κ2) is 5.08.